The summed E-state index contributed by atoms with van der Waals surface area (Å²) >= 11 is 6.16. The highest BCUT2D eigenvalue weighted by Crippen LogP contribution is 2.56. The average molecular weight is 409 g/mol. The molecule has 3 aromatic rings. The van der Waals surface area contributed by atoms with Crippen LogP contribution in [0.3, 0.4) is 0 Å². The number of alkyl halides is 3. The van der Waals surface area contributed by atoms with E-state index < -0.39 is 23.0 Å². The van der Waals surface area contributed by atoms with Crippen molar-refractivity contribution in [1.82, 2.24) is 20.2 Å². The summed E-state index contributed by atoms with van der Waals surface area (Å²) in [5.41, 5.74) is -0.137. The fraction of sp³-hybridized carbons (Fsp3) is 0.222. The minimum atomic E-state index is -4.38. The zero-order chi connectivity index (χ0) is 20.1. The van der Waals surface area contributed by atoms with Crippen LogP contribution in [0.15, 0.2) is 46.1 Å². The van der Waals surface area contributed by atoms with Crippen molar-refractivity contribution in [2.45, 2.75) is 24.4 Å². The summed E-state index contributed by atoms with van der Waals surface area (Å²) in [6, 6.07) is 6.66. The summed E-state index contributed by atoms with van der Waals surface area (Å²) in [5.74, 6) is -0.0361. The Bertz CT molecular complexity index is 1150. The van der Waals surface area contributed by atoms with Crippen LogP contribution in [0.2, 0.25) is 5.15 Å². The fourth-order valence-electron chi connectivity index (χ4n) is 3.21. The molecule has 144 valence electrons. The van der Waals surface area contributed by atoms with Crippen LogP contribution in [0.1, 0.15) is 34.9 Å². The first-order valence-corrected chi connectivity index (χ1v) is 8.64. The van der Waals surface area contributed by atoms with E-state index >= 15 is 0 Å². The SMILES string of the molecule is O=c1[nH]cc(-c2cc([C@H]3C[C@@H]3c3ccc(C(F)(F)F)cc3)c(Cl)nn2)c(=O)[nH]1. The second-order valence-corrected chi connectivity index (χ2v) is 6.89. The normalized spacial score (nSPS) is 18.9. The molecule has 0 bridgehead atoms. The van der Waals surface area contributed by atoms with Crippen LogP contribution < -0.4 is 11.2 Å². The summed E-state index contributed by atoms with van der Waals surface area (Å²) in [4.78, 5) is 27.6. The number of halogens is 4. The summed E-state index contributed by atoms with van der Waals surface area (Å²) in [7, 11) is 0. The number of H-pyrrole nitrogens is 2. The number of aromatic nitrogens is 4. The molecule has 0 saturated heterocycles. The van der Waals surface area contributed by atoms with E-state index in [1.165, 1.54) is 18.3 Å². The van der Waals surface area contributed by atoms with Gasteiger partial charge in [-0.05, 0) is 47.6 Å². The molecule has 1 aliphatic rings. The maximum Gasteiger partial charge on any atom is 0.416 e. The molecule has 1 saturated carbocycles. The van der Waals surface area contributed by atoms with Crippen LogP contribution in [-0.2, 0) is 6.18 Å². The van der Waals surface area contributed by atoms with Gasteiger partial charge in [0.25, 0.3) is 5.56 Å². The number of hydrogen-bond donors (Lipinski definition) is 2. The van der Waals surface area contributed by atoms with Crippen molar-refractivity contribution < 1.29 is 13.2 Å². The quantitative estimate of drug-likeness (QED) is 0.694. The summed E-state index contributed by atoms with van der Waals surface area (Å²) in [5, 5.41) is 7.94. The predicted octanol–water partition coefficient (Wildman–Crippen LogP) is 3.46. The number of nitrogens with zero attached hydrogens (tertiary/aromatic N) is 2. The topological polar surface area (TPSA) is 91.5 Å². The number of benzene rings is 1. The zero-order valence-electron chi connectivity index (χ0n) is 14.0. The number of aromatic amines is 2. The van der Waals surface area contributed by atoms with Gasteiger partial charge in [-0.15, -0.1) is 10.2 Å². The van der Waals surface area contributed by atoms with E-state index in [2.05, 4.69) is 20.2 Å². The summed E-state index contributed by atoms with van der Waals surface area (Å²) in [6.45, 7) is 0. The lowest BCUT2D eigenvalue weighted by molar-refractivity contribution is -0.137. The maximum absolute atomic E-state index is 12.7. The molecule has 0 amide bonds. The third kappa shape index (κ3) is 3.45. The molecule has 10 heteroatoms. The number of hydrogen-bond acceptors (Lipinski definition) is 4. The van der Waals surface area contributed by atoms with E-state index in [9.17, 15) is 22.8 Å². The number of nitrogens with one attached hydrogen (secondary N) is 2. The molecule has 1 aromatic carbocycles. The molecule has 4 rings (SSSR count). The van der Waals surface area contributed by atoms with Crippen LogP contribution >= 0.6 is 11.6 Å². The Morgan fingerprint density at radius 2 is 1.79 bits per heavy atom. The van der Waals surface area contributed by atoms with E-state index in [1.807, 2.05) is 0 Å². The molecule has 2 atom stereocenters. The Balaban J connectivity index is 1.62. The highest BCUT2D eigenvalue weighted by molar-refractivity contribution is 6.30. The van der Waals surface area contributed by atoms with E-state index in [1.54, 1.807) is 6.07 Å². The molecule has 28 heavy (non-hydrogen) atoms. The minimum Gasteiger partial charge on any atom is -0.313 e. The first-order chi connectivity index (χ1) is 13.2. The highest BCUT2D eigenvalue weighted by Gasteiger charge is 2.42. The van der Waals surface area contributed by atoms with Crippen LogP contribution in [-0.4, -0.2) is 20.2 Å². The van der Waals surface area contributed by atoms with E-state index in [4.69, 9.17) is 11.6 Å². The largest absolute Gasteiger partial charge is 0.416 e. The van der Waals surface area contributed by atoms with Gasteiger partial charge >= 0.3 is 11.9 Å². The average Bonchev–Trinajstić information content (AvgIpc) is 3.42. The smallest absolute Gasteiger partial charge is 0.313 e. The van der Waals surface area contributed by atoms with Gasteiger partial charge in [-0.1, -0.05) is 23.7 Å². The lowest BCUT2D eigenvalue weighted by atomic mass is 10.0. The highest BCUT2D eigenvalue weighted by atomic mass is 35.5. The van der Waals surface area contributed by atoms with Crippen molar-refractivity contribution in [1.29, 1.82) is 0 Å². The molecule has 1 aliphatic carbocycles. The Hall–Kier alpha value is -2.94. The van der Waals surface area contributed by atoms with Gasteiger partial charge in [0, 0.05) is 6.20 Å². The van der Waals surface area contributed by atoms with Crippen molar-refractivity contribution in [2.75, 3.05) is 0 Å². The fourth-order valence-corrected chi connectivity index (χ4v) is 3.44. The van der Waals surface area contributed by atoms with Crippen molar-refractivity contribution in [3.05, 3.63) is 79.2 Å². The van der Waals surface area contributed by atoms with Gasteiger partial charge in [0.05, 0.1) is 11.1 Å². The van der Waals surface area contributed by atoms with Crippen molar-refractivity contribution >= 4 is 11.6 Å². The predicted molar refractivity (Wildman–Crippen MR) is 95.3 cm³/mol. The van der Waals surface area contributed by atoms with E-state index in [-0.39, 0.29) is 28.2 Å². The molecule has 0 radical (unpaired) electrons. The van der Waals surface area contributed by atoms with Gasteiger partial charge in [0.1, 0.15) is 5.69 Å². The van der Waals surface area contributed by atoms with Gasteiger partial charge in [0.2, 0.25) is 0 Å². The minimum absolute atomic E-state index is 0.00528. The Morgan fingerprint density at radius 1 is 1.07 bits per heavy atom. The zero-order valence-corrected chi connectivity index (χ0v) is 14.8. The number of rotatable bonds is 3. The van der Waals surface area contributed by atoms with Crippen LogP contribution in [0.25, 0.3) is 11.3 Å². The molecule has 0 spiro atoms. The maximum atomic E-state index is 12.7. The summed E-state index contributed by atoms with van der Waals surface area (Å²) in [6.07, 6.45) is -2.44. The first-order valence-electron chi connectivity index (χ1n) is 8.26. The van der Waals surface area contributed by atoms with Gasteiger partial charge in [-0.3, -0.25) is 9.78 Å². The monoisotopic (exact) mass is 408 g/mol. The third-order valence-electron chi connectivity index (χ3n) is 4.73. The lowest BCUT2D eigenvalue weighted by Crippen LogP contribution is -2.23. The Labute approximate surface area is 160 Å². The Kier molecular flexibility index (Phi) is 4.34. The van der Waals surface area contributed by atoms with Gasteiger partial charge in [-0.25, -0.2) is 4.79 Å². The van der Waals surface area contributed by atoms with E-state index in [0.29, 0.717) is 12.0 Å². The lowest BCUT2D eigenvalue weighted by Gasteiger charge is -2.08. The molecular weight excluding hydrogens is 397 g/mol. The molecule has 0 aliphatic heterocycles. The van der Waals surface area contributed by atoms with Gasteiger partial charge in [0.15, 0.2) is 5.15 Å². The van der Waals surface area contributed by atoms with Gasteiger partial charge < -0.3 is 4.98 Å². The second kappa shape index (κ2) is 6.59. The van der Waals surface area contributed by atoms with Crippen molar-refractivity contribution in [2.24, 2.45) is 0 Å². The second-order valence-electron chi connectivity index (χ2n) is 6.53. The van der Waals surface area contributed by atoms with E-state index in [0.717, 1.165) is 17.7 Å². The molecule has 2 aromatic heterocycles. The molecule has 2 heterocycles. The molecule has 6 nitrogen and oxygen atoms in total. The first kappa shape index (κ1) is 18.4. The van der Waals surface area contributed by atoms with Crippen LogP contribution in [0, 0.1) is 0 Å². The summed E-state index contributed by atoms with van der Waals surface area (Å²) < 4.78 is 38.1. The third-order valence-corrected chi connectivity index (χ3v) is 5.02. The molecular formula is C18H12ClF3N4O2. The molecule has 1 fully saturated rings. The molecule has 0 unspecified atom stereocenters. The molecule has 2 N–H and O–H groups in total. The van der Waals surface area contributed by atoms with Crippen LogP contribution in [0.4, 0.5) is 13.2 Å². The standard InChI is InChI=1S/C18H12ClF3N4O2/c19-15-12(6-14(25-26-15)13-7-23-17(28)24-16(13)27)11-5-10(11)8-1-3-9(4-2-8)18(20,21)22/h1-4,6-7,10-11H,5H2,(H2,23,24,27,28)/t10-,11+/m1/s1. The van der Waals surface area contributed by atoms with Crippen molar-refractivity contribution in [3.63, 3.8) is 0 Å². The van der Waals surface area contributed by atoms with Crippen LogP contribution in [0.5, 0.6) is 0 Å². The van der Waals surface area contributed by atoms with Gasteiger partial charge in [-0.2, -0.15) is 13.2 Å². The Morgan fingerprint density at radius 3 is 2.43 bits per heavy atom. The van der Waals surface area contributed by atoms with Crippen molar-refractivity contribution in [3.8, 4) is 11.3 Å².